The molecule has 1 fully saturated rings. The summed E-state index contributed by atoms with van der Waals surface area (Å²) in [4.78, 5) is 40.8. The molecule has 11 nitrogen and oxygen atoms in total. The highest BCUT2D eigenvalue weighted by Gasteiger charge is 2.36. The Bertz CT molecular complexity index is 1220. The third-order valence-electron chi connectivity index (χ3n) is 5.30. The molecule has 0 aliphatic carbocycles. The molecule has 1 aliphatic heterocycles. The second-order valence-corrected chi connectivity index (χ2v) is 7.30. The van der Waals surface area contributed by atoms with Crippen molar-refractivity contribution in [1.82, 2.24) is 10.1 Å². The van der Waals surface area contributed by atoms with Crippen LogP contribution >= 0.6 is 0 Å². The highest BCUT2D eigenvalue weighted by molar-refractivity contribution is 6.04. The molecule has 1 saturated heterocycles. The van der Waals surface area contributed by atoms with Crippen LogP contribution in [0.2, 0.25) is 0 Å². The van der Waals surface area contributed by atoms with Gasteiger partial charge in [0.1, 0.15) is 0 Å². The normalized spacial score (nSPS) is 15.4. The number of aromatic amines is 1. The van der Waals surface area contributed by atoms with Gasteiger partial charge in [-0.15, -0.1) is 0 Å². The molecule has 2 aromatic carbocycles. The van der Waals surface area contributed by atoms with Crippen molar-refractivity contribution in [3.05, 3.63) is 46.9 Å². The molecule has 2 amide bonds. The van der Waals surface area contributed by atoms with E-state index in [1.54, 1.807) is 36.4 Å². The van der Waals surface area contributed by atoms with Crippen LogP contribution in [0.1, 0.15) is 6.42 Å². The van der Waals surface area contributed by atoms with Gasteiger partial charge in [-0.2, -0.15) is 0 Å². The second-order valence-electron chi connectivity index (χ2n) is 7.30. The highest BCUT2D eigenvalue weighted by atomic mass is 16.5. The number of hydrogen-bond acceptors (Lipinski definition) is 8. The van der Waals surface area contributed by atoms with Crippen LogP contribution in [0.5, 0.6) is 17.2 Å². The van der Waals surface area contributed by atoms with Gasteiger partial charge < -0.3 is 24.4 Å². The third kappa shape index (κ3) is 4.38. The quantitative estimate of drug-likeness (QED) is 0.554. The number of amides is 2. The first-order valence-electron chi connectivity index (χ1n) is 10.0. The number of H-pyrrole nitrogens is 1. The summed E-state index contributed by atoms with van der Waals surface area (Å²) in [6.07, 6.45) is 0.0544. The minimum absolute atomic E-state index is 0.0544. The molecule has 1 aromatic heterocycles. The van der Waals surface area contributed by atoms with Crippen LogP contribution in [-0.2, 0) is 9.59 Å². The van der Waals surface area contributed by atoms with Crippen LogP contribution in [0.15, 0.2) is 45.7 Å². The molecule has 0 spiro atoms. The van der Waals surface area contributed by atoms with Gasteiger partial charge in [0.2, 0.25) is 17.6 Å². The van der Waals surface area contributed by atoms with E-state index in [1.807, 2.05) is 0 Å². The van der Waals surface area contributed by atoms with Gasteiger partial charge in [0.05, 0.1) is 32.9 Å². The van der Waals surface area contributed by atoms with Crippen LogP contribution in [0.3, 0.4) is 0 Å². The van der Waals surface area contributed by atoms with Crippen LogP contribution < -0.4 is 30.2 Å². The molecule has 1 atom stereocenters. The average Bonchev–Trinajstić information content (AvgIpc) is 3.44. The first kappa shape index (κ1) is 21.9. The number of nitrogens with zero attached hydrogens (tertiary/aromatic N) is 2. The Morgan fingerprint density at radius 1 is 1.12 bits per heavy atom. The fourth-order valence-electron chi connectivity index (χ4n) is 3.70. The van der Waals surface area contributed by atoms with E-state index in [4.69, 9.17) is 14.2 Å². The third-order valence-corrected chi connectivity index (χ3v) is 5.30. The summed E-state index contributed by atoms with van der Waals surface area (Å²) in [5.74, 6) is -0.241. The summed E-state index contributed by atoms with van der Waals surface area (Å²) in [6.45, 7) is 0.194. The number of aromatic nitrogens is 2. The Hall–Kier alpha value is -4.28. The second kappa shape index (κ2) is 9.07. The molecular weight excluding hydrogens is 432 g/mol. The maximum atomic E-state index is 12.9. The van der Waals surface area contributed by atoms with Crippen LogP contribution in [0, 0.1) is 5.92 Å². The molecule has 2 heterocycles. The zero-order valence-corrected chi connectivity index (χ0v) is 18.2. The number of rotatable bonds is 7. The van der Waals surface area contributed by atoms with Crippen LogP contribution in [0.25, 0.3) is 11.4 Å². The van der Waals surface area contributed by atoms with Crippen molar-refractivity contribution in [3.8, 4) is 28.6 Å². The number of carbonyl (C=O) groups excluding carboxylic acids is 2. The summed E-state index contributed by atoms with van der Waals surface area (Å²) in [6, 6.07) is 10.1. The van der Waals surface area contributed by atoms with Gasteiger partial charge in [-0.3, -0.25) is 19.1 Å². The molecule has 1 unspecified atom stereocenters. The van der Waals surface area contributed by atoms with Gasteiger partial charge in [0.25, 0.3) is 0 Å². The van der Waals surface area contributed by atoms with Gasteiger partial charge >= 0.3 is 5.76 Å². The zero-order valence-electron chi connectivity index (χ0n) is 18.2. The maximum Gasteiger partial charge on any atom is 0.439 e. The average molecular weight is 454 g/mol. The van der Waals surface area contributed by atoms with Crippen molar-refractivity contribution in [2.24, 2.45) is 5.92 Å². The van der Waals surface area contributed by atoms with Gasteiger partial charge in [-0.05, 0) is 12.1 Å². The summed E-state index contributed by atoms with van der Waals surface area (Å²) >= 11 is 0. The molecule has 11 heteroatoms. The molecule has 172 valence electrons. The van der Waals surface area contributed by atoms with Crippen LogP contribution in [0.4, 0.5) is 11.4 Å². The Morgan fingerprint density at radius 3 is 2.45 bits per heavy atom. The monoisotopic (exact) mass is 454 g/mol. The number of carbonyl (C=O) groups is 2. The van der Waals surface area contributed by atoms with E-state index in [0.717, 1.165) is 0 Å². The van der Waals surface area contributed by atoms with Gasteiger partial charge in [0, 0.05) is 36.3 Å². The Kier molecular flexibility index (Phi) is 6.03. The van der Waals surface area contributed by atoms with Crippen molar-refractivity contribution in [1.29, 1.82) is 0 Å². The lowest BCUT2D eigenvalue weighted by Gasteiger charge is -2.20. The topological polar surface area (TPSA) is 136 Å². The smallest absolute Gasteiger partial charge is 0.439 e. The van der Waals surface area contributed by atoms with E-state index in [9.17, 15) is 14.4 Å². The number of methoxy groups -OCH3 is 3. The van der Waals surface area contributed by atoms with E-state index >= 15 is 0 Å². The predicted molar refractivity (Wildman–Crippen MR) is 118 cm³/mol. The Morgan fingerprint density at radius 2 is 1.85 bits per heavy atom. The molecule has 0 bridgehead atoms. The minimum atomic E-state index is -0.671. The Balaban J connectivity index is 1.51. The summed E-state index contributed by atoms with van der Waals surface area (Å²) in [5.41, 5.74) is 1.61. The lowest BCUT2D eigenvalue weighted by molar-refractivity contribution is -0.122. The van der Waals surface area contributed by atoms with Crippen molar-refractivity contribution >= 4 is 23.2 Å². The van der Waals surface area contributed by atoms with Crippen molar-refractivity contribution in [2.75, 3.05) is 38.1 Å². The molecule has 0 saturated carbocycles. The van der Waals surface area contributed by atoms with E-state index in [1.165, 1.54) is 26.2 Å². The van der Waals surface area contributed by atoms with E-state index in [0.29, 0.717) is 34.2 Å². The fraction of sp³-hybridized carbons (Fsp3) is 0.273. The van der Waals surface area contributed by atoms with Crippen LogP contribution in [-0.4, -0.2) is 49.8 Å². The first-order chi connectivity index (χ1) is 15.9. The predicted octanol–water partition coefficient (Wildman–Crippen LogP) is 2.05. The first-order valence-corrected chi connectivity index (χ1v) is 10.0. The van der Waals surface area contributed by atoms with Crippen molar-refractivity contribution in [2.45, 2.75) is 6.42 Å². The standard InChI is InChI=1S/C22H22N4O7/c1-30-16-9-15(10-17(31-2)19(16)32-3)26-11-13(8-18(26)27)21(28)23-14-6-4-5-12(7-14)20-24-22(29)33-25-20/h4-7,9-10,13H,8,11H2,1-3H3,(H,23,28)(H,24,25,29). The molecule has 1 aliphatic rings. The fourth-order valence-corrected chi connectivity index (χ4v) is 3.70. The number of benzene rings is 2. The lowest BCUT2D eigenvalue weighted by Crippen LogP contribution is -2.28. The van der Waals surface area contributed by atoms with Gasteiger partial charge in [-0.1, -0.05) is 17.3 Å². The summed E-state index contributed by atoms with van der Waals surface area (Å²) in [7, 11) is 4.48. The molecule has 2 N–H and O–H groups in total. The number of nitrogens with one attached hydrogen (secondary N) is 2. The molecule has 4 rings (SSSR count). The molecule has 0 radical (unpaired) electrons. The van der Waals surface area contributed by atoms with Gasteiger partial charge in [0.15, 0.2) is 17.3 Å². The number of ether oxygens (including phenoxy) is 3. The number of anilines is 2. The largest absolute Gasteiger partial charge is 0.493 e. The summed E-state index contributed by atoms with van der Waals surface area (Å²) in [5, 5.41) is 6.46. The van der Waals surface area contributed by atoms with E-state index in [2.05, 4.69) is 20.0 Å². The minimum Gasteiger partial charge on any atom is -0.493 e. The molecule has 33 heavy (non-hydrogen) atoms. The highest BCUT2D eigenvalue weighted by Crippen LogP contribution is 2.42. The van der Waals surface area contributed by atoms with Gasteiger partial charge in [-0.25, -0.2) is 4.79 Å². The van der Waals surface area contributed by atoms with Crippen molar-refractivity contribution in [3.63, 3.8) is 0 Å². The SMILES string of the molecule is COc1cc(N2CC(C(=O)Nc3cccc(-c4noc(=O)[nH]4)c3)CC2=O)cc(OC)c1OC. The molecule has 3 aromatic rings. The van der Waals surface area contributed by atoms with Crippen molar-refractivity contribution < 1.29 is 28.3 Å². The van der Waals surface area contributed by atoms with E-state index < -0.39 is 11.7 Å². The van der Waals surface area contributed by atoms with E-state index in [-0.39, 0.29) is 30.6 Å². The lowest BCUT2D eigenvalue weighted by atomic mass is 10.1. The summed E-state index contributed by atoms with van der Waals surface area (Å²) < 4.78 is 20.6. The maximum absolute atomic E-state index is 12.9. The number of hydrogen-bond donors (Lipinski definition) is 2. The molecular formula is C22H22N4O7. The Labute approximate surface area is 188 Å². The zero-order chi connectivity index (χ0) is 23.5.